The van der Waals surface area contributed by atoms with Gasteiger partial charge in [-0.15, -0.1) is 0 Å². The number of hydrogen-bond acceptors (Lipinski definition) is 3. The molecule has 2 heterocycles. The predicted molar refractivity (Wildman–Crippen MR) is 79.3 cm³/mol. The summed E-state index contributed by atoms with van der Waals surface area (Å²) in [4.78, 5) is 16.3. The Morgan fingerprint density at radius 1 is 1.33 bits per heavy atom. The van der Waals surface area contributed by atoms with Gasteiger partial charge in [-0.05, 0) is 32.4 Å². The van der Waals surface area contributed by atoms with E-state index >= 15 is 0 Å². The summed E-state index contributed by atoms with van der Waals surface area (Å²) >= 11 is 0. The van der Waals surface area contributed by atoms with Crippen LogP contribution in [0.2, 0.25) is 0 Å². The van der Waals surface area contributed by atoms with Gasteiger partial charge < -0.3 is 10.6 Å². The molecule has 2 aromatic heterocycles. The number of amides is 2. The summed E-state index contributed by atoms with van der Waals surface area (Å²) < 4.78 is 13.6. The highest BCUT2D eigenvalue weighted by Crippen LogP contribution is 2.19. The highest BCUT2D eigenvalue weighted by atomic mass is 19.1. The molecule has 0 aromatic carbocycles. The number of alkyl halides is 1. The van der Waals surface area contributed by atoms with E-state index in [-0.39, 0.29) is 12.6 Å². The number of halogens is 1. The summed E-state index contributed by atoms with van der Waals surface area (Å²) in [6.45, 7) is 5.33. The molecule has 0 aliphatic carbocycles. The Bertz CT molecular complexity index is 630. The molecule has 0 saturated carbocycles. The maximum atomic E-state index is 12.2. The molecular formula is C14H18FN5O. The van der Waals surface area contributed by atoms with E-state index < -0.39 is 6.67 Å². The van der Waals surface area contributed by atoms with Crippen molar-refractivity contribution >= 4 is 17.4 Å². The van der Waals surface area contributed by atoms with Crippen LogP contribution in [0.25, 0.3) is 0 Å². The highest BCUT2D eigenvalue weighted by molar-refractivity contribution is 6.00. The average molecular weight is 291 g/mol. The summed E-state index contributed by atoms with van der Waals surface area (Å²) in [7, 11) is 0. The van der Waals surface area contributed by atoms with Crippen molar-refractivity contribution in [2.24, 2.45) is 0 Å². The SMILES string of the molecule is Cc1cc(C)c(NC(=O)Nc2cnn(CCF)c2)c(C)n1. The standard InChI is InChI=1S/C14H18FN5O/c1-9-6-10(2)17-11(3)13(9)19-14(21)18-12-7-16-20(8-12)5-4-15/h6-8H,4-5H2,1-3H3,(H2,18,19,21). The number of aromatic nitrogens is 3. The van der Waals surface area contributed by atoms with Crippen LogP contribution in [0.5, 0.6) is 0 Å². The van der Waals surface area contributed by atoms with E-state index in [1.165, 1.54) is 10.9 Å². The Hall–Kier alpha value is -2.44. The number of hydrogen-bond donors (Lipinski definition) is 2. The Morgan fingerprint density at radius 2 is 2.10 bits per heavy atom. The zero-order chi connectivity index (χ0) is 15.4. The van der Waals surface area contributed by atoms with Crippen molar-refractivity contribution in [3.05, 3.63) is 35.4 Å². The molecule has 2 rings (SSSR count). The molecule has 6 nitrogen and oxygen atoms in total. The molecule has 0 aliphatic rings. The fraction of sp³-hybridized carbons (Fsp3) is 0.357. The van der Waals surface area contributed by atoms with E-state index in [0.29, 0.717) is 11.4 Å². The summed E-state index contributed by atoms with van der Waals surface area (Å²) in [6, 6.07) is 1.52. The van der Waals surface area contributed by atoms with Crippen molar-refractivity contribution in [1.29, 1.82) is 0 Å². The van der Waals surface area contributed by atoms with Crippen molar-refractivity contribution in [2.45, 2.75) is 27.3 Å². The lowest BCUT2D eigenvalue weighted by atomic mass is 10.1. The Kier molecular flexibility index (Phi) is 4.52. The van der Waals surface area contributed by atoms with Crippen LogP contribution in [0, 0.1) is 20.8 Å². The van der Waals surface area contributed by atoms with E-state index in [9.17, 15) is 9.18 Å². The van der Waals surface area contributed by atoms with Crippen LogP contribution in [0.3, 0.4) is 0 Å². The lowest BCUT2D eigenvalue weighted by molar-refractivity contribution is 0.262. The minimum atomic E-state index is -0.499. The molecule has 0 saturated heterocycles. The number of carbonyl (C=O) groups is 1. The Morgan fingerprint density at radius 3 is 2.76 bits per heavy atom. The number of anilines is 2. The largest absolute Gasteiger partial charge is 0.323 e. The van der Waals surface area contributed by atoms with Gasteiger partial charge in [0.15, 0.2) is 0 Å². The predicted octanol–water partition coefficient (Wildman–Crippen LogP) is 2.82. The topological polar surface area (TPSA) is 71.8 Å². The number of nitrogens with one attached hydrogen (secondary N) is 2. The van der Waals surface area contributed by atoms with Gasteiger partial charge >= 0.3 is 6.03 Å². The van der Waals surface area contributed by atoms with Crippen LogP contribution in [-0.2, 0) is 6.54 Å². The van der Waals surface area contributed by atoms with Crippen LogP contribution >= 0.6 is 0 Å². The maximum Gasteiger partial charge on any atom is 0.323 e. The lowest BCUT2D eigenvalue weighted by Gasteiger charge is -2.12. The molecule has 0 aliphatic heterocycles. The fourth-order valence-corrected chi connectivity index (χ4v) is 2.13. The van der Waals surface area contributed by atoms with E-state index in [0.717, 1.165) is 17.0 Å². The first-order valence-electron chi connectivity index (χ1n) is 6.61. The molecular weight excluding hydrogens is 273 g/mol. The molecule has 2 amide bonds. The van der Waals surface area contributed by atoms with Gasteiger partial charge in [-0.25, -0.2) is 9.18 Å². The number of urea groups is 1. The molecule has 0 fully saturated rings. The number of pyridine rings is 1. The van der Waals surface area contributed by atoms with Crippen LogP contribution in [0.4, 0.5) is 20.6 Å². The van der Waals surface area contributed by atoms with E-state index in [1.807, 2.05) is 26.8 Å². The van der Waals surface area contributed by atoms with Gasteiger partial charge in [-0.3, -0.25) is 9.67 Å². The smallest absolute Gasteiger partial charge is 0.306 e. The number of aryl methyl sites for hydroxylation is 4. The van der Waals surface area contributed by atoms with Gasteiger partial charge in [0.1, 0.15) is 6.67 Å². The molecule has 0 bridgehead atoms. The first kappa shape index (κ1) is 15.0. The molecule has 112 valence electrons. The zero-order valence-electron chi connectivity index (χ0n) is 12.3. The molecule has 2 aromatic rings. The van der Waals surface area contributed by atoms with Gasteiger partial charge in [0.05, 0.1) is 29.8 Å². The summed E-state index contributed by atoms with van der Waals surface area (Å²) in [5.41, 5.74) is 3.81. The molecule has 0 spiro atoms. The monoisotopic (exact) mass is 291 g/mol. The number of rotatable bonds is 4. The lowest BCUT2D eigenvalue weighted by Crippen LogP contribution is -2.20. The van der Waals surface area contributed by atoms with Gasteiger partial charge in [-0.1, -0.05) is 0 Å². The van der Waals surface area contributed by atoms with Crippen LogP contribution in [0.15, 0.2) is 18.5 Å². The second-order valence-electron chi connectivity index (χ2n) is 4.80. The van der Waals surface area contributed by atoms with Crippen molar-refractivity contribution in [3.63, 3.8) is 0 Å². The normalized spacial score (nSPS) is 10.5. The van der Waals surface area contributed by atoms with Crippen molar-refractivity contribution < 1.29 is 9.18 Å². The highest BCUT2D eigenvalue weighted by Gasteiger charge is 2.10. The Balaban J connectivity index is 2.04. The van der Waals surface area contributed by atoms with E-state index in [1.54, 1.807) is 6.20 Å². The van der Waals surface area contributed by atoms with Crippen LogP contribution < -0.4 is 10.6 Å². The average Bonchev–Trinajstić information content (AvgIpc) is 2.81. The summed E-state index contributed by atoms with van der Waals surface area (Å²) in [6.07, 6.45) is 3.05. The number of nitrogens with zero attached hydrogens (tertiary/aromatic N) is 3. The third kappa shape index (κ3) is 3.77. The van der Waals surface area contributed by atoms with Gasteiger partial charge in [0.25, 0.3) is 0 Å². The summed E-state index contributed by atoms with van der Waals surface area (Å²) in [5, 5.41) is 9.36. The van der Waals surface area contributed by atoms with Crippen molar-refractivity contribution in [1.82, 2.24) is 14.8 Å². The third-order valence-electron chi connectivity index (χ3n) is 2.97. The zero-order valence-corrected chi connectivity index (χ0v) is 12.3. The van der Waals surface area contributed by atoms with Gasteiger partial charge in [0, 0.05) is 11.9 Å². The van der Waals surface area contributed by atoms with E-state index in [4.69, 9.17) is 0 Å². The van der Waals surface area contributed by atoms with Crippen LogP contribution in [0.1, 0.15) is 17.0 Å². The molecule has 2 N–H and O–H groups in total. The van der Waals surface area contributed by atoms with Crippen molar-refractivity contribution in [3.8, 4) is 0 Å². The molecule has 0 radical (unpaired) electrons. The molecule has 0 unspecified atom stereocenters. The van der Waals surface area contributed by atoms with Crippen LogP contribution in [-0.4, -0.2) is 27.5 Å². The fourth-order valence-electron chi connectivity index (χ4n) is 2.13. The molecule has 7 heteroatoms. The third-order valence-corrected chi connectivity index (χ3v) is 2.97. The second kappa shape index (κ2) is 6.34. The van der Waals surface area contributed by atoms with Crippen molar-refractivity contribution in [2.75, 3.05) is 17.3 Å². The molecule has 0 atom stereocenters. The minimum Gasteiger partial charge on any atom is -0.306 e. The van der Waals surface area contributed by atoms with Gasteiger partial charge in [-0.2, -0.15) is 5.10 Å². The summed E-state index contributed by atoms with van der Waals surface area (Å²) in [5.74, 6) is 0. The minimum absolute atomic E-state index is 0.170. The van der Waals surface area contributed by atoms with E-state index in [2.05, 4.69) is 20.7 Å². The molecule has 21 heavy (non-hydrogen) atoms. The van der Waals surface area contributed by atoms with Gasteiger partial charge in [0.2, 0.25) is 0 Å². The first-order valence-corrected chi connectivity index (χ1v) is 6.61. The quantitative estimate of drug-likeness (QED) is 0.910. The maximum absolute atomic E-state index is 12.2. The number of carbonyl (C=O) groups excluding carboxylic acids is 1. The first-order chi connectivity index (χ1) is 9.99. The second-order valence-corrected chi connectivity index (χ2v) is 4.80. The Labute approximate surface area is 122 Å².